The third-order valence-electron chi connectivity index (χ3n) is 25.2. The van der Waals surface area contributed by atoms with Gasteiger partial charge in [0, 0.05) is 43.7 Å². The number of thiol groups is 1. The van der Waals surface area contributed by atoms with Crippen molar-refractivity contribution in [2.45, 2.75) is 199 Å². The fourth-order valence-corrected chi connectivity index (χ4v) is 25.5. The van der Waals surface area contributed by atoms with Gasteiger partial charge in [-0.3, -0.25) is 0 Å². The van der Waals surface area contributed by atoms with E-state index >= 15 is 0 Å². The molecule has 3 heterocycles. The van der Waals surface area contributed by atoms with Crippen molar-refractivity contribution in [1.29, 1.82) is 0 Å². The van der Waals surface area contributed by atoms with E-state index in [0.29, 0.717) is 22.7 Å². The molecule has 0 N–H and O–H groups in total. The molecule has 1 aromatic heterocycles. The van der Waals surface area contributed by atoms with Gasteiger partial charge in [-0.1, -0.05) is 162 Å². The van der Waals surface area contributed by atoms with Crippen molar-refractivity contribution >= 4 is 68.0 Å². The largest absolute Gasteiger partial charge is 0.312 e. The zero-order chi connectivity index (χ0) is 54.6. The molecule has 2 nitrogen and oxygen atoms in total. The molecule has 6 aromatic rings. The first kappa shape index (κ1) is 49.7. The molecular weight excluding hydrogens is 984 g/mol. The number of fused-ring (bicyclic) bond motifs is 9. The van der Waals surface area contributed by atoms with E-state index in [1.807, 2.05) is 0 Å². The van der Waals surface area contributed by atoms with Crippen LogP contribution in [-0.4, -0.2) is 11.3 Å². The number of rotatable bonds is 5. The Hall–Kier alpha value is -4.93. The Morgan fingerprint density at radius 3 is 2.06 bits per heavy atom. The molecule has 7 atom stereocenters. The monoisotopic (exact) mass is 1070 g/mol. The van der Waals surface area contributed by atoms with Crippen LogP contribution in [0.1, 0.15) is 196 Å². The van der Waals surface area contributed by atoms with Crippen molar-refractivity contribution in [3.63, 3.8) is 0 Å². The van der Waals surface area contributed by atoms with Crippen LogP contribution in [0.3, 0.4) is 0 Å². The van der Waals surface area contributed by atoms with Crippen molar-refractivity contribution in [1.82, 2.24) is 4.57 Å². The highest BCUT2D eigenvalue weighted by atomic mass is 32.2. The van der Waals surface area contributed by atoms with Gasteiger partial charge in [0.2, 0.25) is 6.71 Å². The smallest absolute Gasteiger partial charge is 0.247 e. The Kier molecular flexibility index (Phi) is 10.1. The molecule has 5 aromatic carbocycles. The van der Waals surface area contributed by atoms with Crippen LogP contribution in [0.15, 0.2) is 117 Å². The fourth-order valence-electron chi connectivity index (χ4n) is 22.4. The van der Waals surface area contributed by atoms with Gasteiger partial charge in [-0.05, 0) is 236 Å². The van der Waals surface area contributed by atoms with E-state index in [1.54, 1.807) is 42.4 Å². The average Bonchev–Trinajstić information content (AvgIpc) is 2.85. The van der Waals surface area contributed by atoms with Crippen LogP contribution >= 0.6 is 10.9 Å². The maximum absolute atomic E-state index is 3.10. The van der Waals surface area contributed by atoms with Gasteiger partial charge in [-0.15, -0.1) is 0 Å². The van der Waals surface area contributed by atoms with Crippen LogP contribution in [-0.2, 0) is 16.2 Å². The minimum Gasteiger partial charge on any atom is -0.312 e. The number of aryl methyl sites for hydroxylation is 3. The second kappa shape index (κ2) is 16.2. The summed E-state index contributed by atoms with van der Waals surface area (Å²) in [5, 5.41) is 1.54. The molecule has 0 radical (unpaired) electrons. The van der Waals surface area contributed by atoms with E-state index < -0.39 is 10.9 Å². The fraction of sp³-hybridized carbons (Fsp3) is 0.500. The van der Waals surface area contributed by atoms with E-state index in [2.05, 4.69) is 190 Å². The number of hydrogen-bond acceptors (Lipinski definition) is 1. The Labute approximate surface area is 482 Å². The third-order valence-corrected chi connectivity index (χ3v) is 28.1. The molecule has 0 amide bonds. The highest BCUT2D eigenvalue weighted by Gasteiger charge is 2.77. The van der Waals surface area contributed by atoms with Gasteiger partial charge in [0.25, 0.3) is 0 Å². The molecule has 7 saturated carbocycles. The normalized spacial score (nSPS) is 34.0. The zero-order valence-corrected chi connectivity index (χ0v) is 51.4. The number of hydrogen-bond donors (Lipinski definition) is 1. The van der Waals surface area contributed by atoms with Crippen LogP contribution in [0, 0.1) is 73.0 Å². The summed E-state index contributed by atoms with van der Waals surface area (Å²) in [6.45, 7) is 29.3. The zero-order valence-electron chi connectivity index (χ0n) is 50.5. The number of para-hydroxylation sites is 1. The van der Waals surface area contributed by atoms with Crippen molar-refractivity contribution in [3.05, 3.63) is 152 Å². The summed E-state index contributed by atoms with van der Waals surface area (Å²) in [6, 6.07) is 34.0. The second-order valence-electron chi connectivity index (χ2n) is 31.6. The molecule has 9 aliphatic carbocycles. The van der Waals surface area contributed by atoms with Crippen LogP contribution in [0.25, 0.3) is 22.7 Å². The Morgan fingerprint density at radius 2 is 1.40 bits per heavy atom. The topological polar surface area (TPSA) is 8.17 Å². The van der Waals surface area contributed by atoms with E-state index in [9.17, 15) is 0 Å². The van der Waals surface area contributed by atoms with Crippen LogP contribution in [0.2, 0.25) is 0 Å². The van der Waals surface area contributed by atoms with Crippen LogP contribution in [0.4, 0.5) is 17.1 Å². The standard InChI is InChI=1S/C76H87BN2S/c1-42-26-44(3)67(45(4)27-42)77-61-32-50(72(7,8)9)22-24-63(61)79-64-25-23-51(73(10,11)12)33-65(64)80(71-46(5)28-43(2)29-47(71)6)66-35-55(34-62(77)70(66)79)78-68-56(18-14-20-59(68)74-36-48-16-13-17-49(37-74)58(48)40-74)57-19-15-21-60(69(57)78)75-38-53-30-52-31-54(39-75)76(52,53)41-75/h14-15,18-19,21-28,32-35,47-49,52-54,58-59,80H,13,16-17,20,29-31,36-41H2,1-12H3. The minimum absolute atomic E-state index is 0.00625. The first-order valence-corrected chi connectivity index (χ1v) is 33.5. The van der Waals surface area contributed by atoms with Crippen molar-refractivity contribution < 1.29 is 0 Å². The summed E-state index contributed by atoms with van der Waals surface area (Å²) >= 11 is 0. The number of anilines is 3. The van der Waals surface area contributed by atoms with Gasteiger partial charge in [-0.25, -0.2) is 0 Å². The molecule has 4 heteroatoms. The highest BCUT2D eigenvalue weighted by molar-refractivity contribution is 8.20. The molecule has 7 fully saturated rings. The molecule has 11 aliphatic rings. The maximum atomic E-state index is 3.10. The quantitative estimate of drug-likeness (QED) is 0.133. The average molecular weight is 1070 g/mol. The molecule has 1 spiro atoms. The first-order valence-electron chi connectivity index (χ1n) is 32.1. The summed E-state index contributed by atoms with van der Waals surface area (Å²) in [7, 11) is -0.961. The Bertz CT molecular complexity index is 3800. The summed E-state index contributed by atoms with van der Waals surface area (Å²) in [6.07, 6.45) is 26.2. The third kappa shape index (κ3) is 6.37. The Balaban J connectivity index is 1.02. The molecule has 0 saturated heterocycles. The van der Waals surface area contributed by atoms with E-state index in [1.165, 1.54) is 155 Å². The lowest BCUT2D eigenvalue weighted by molar-refractivity contribution is -0.175. The van der Waals surface area contributed by atoms with Crippen molar-refractivity contribution in [3.8, 4) is 5.69 Å². The molecular formula is C76H87BN2S. The predicted octanol–water partition coefficient (Wildman–Crippen LogP) is 18.2. The molecule has 410 valence electrons. The van der Waals surface area contributed by atoms with E-state index in [0.717, 1.165) is 41.9 Å². The number of nitrogens with zero attached hydrogens (tertiary/aromatic N) is 2. The maximum Gasteiger partial charge on any atom is 0.247 e. The molecule has 17 rings (SSSR count). The van der Waals surface area contributed by atoms with Gasteiger partial charge < -0.3 is 9.47 Å². The predicted molar refractivity (Wildman–Crippen MR) is 341 cm³/mol. The molecule has 7 unspecified atom stereocenters. The first-order chi connectivity index (χ1) is 38.2. The molecule has 2 aliphatic heterocycles. The van der Waals surface area contributed by atoms with E-state index in [-0.39, 0.29) is 23.0 Å². The SMILES string of the molecule is CC1=CC(C)=C([SH]2c3cc(C(C)(C)C)ccc3N3c4ccc(C(C)(C)C)cc4B(c4c(C)cc(C)cc4C)c4cc(-n5c6c(c7cccc(C89CC%10CC%11CC(C8)C%11%10C9)c75)C=CCC6C56CC7CCCC(C5)C7C6)cc2c43)C(C)C1. The van der Waals surface area contributed by atoms with Gasteiger partial charge >= 0.3 is 0 Å². The lowest BCUT2D eigenvalue weighted by Gasteiger charge is -2.66. The van der Waals surface area contributed by atoms with Crippen LogP contribution < -0.4 is 21.3 Å². The number of aromatic nitrogens is 1. The Morgan fingerprint density at radius 1 is 0.700 bits per heavy atom. The second-order valence-corrected chi connectivity index (χ2v) is 33.7. The number of benzene rings is 5. The summed E-state index contributed by atoms with van der Waals surface area (Å²) in [4.78, 5) is 7.65. The van der Waals surface area contributed by atoms with Gasteiger partial charge in [0.1, 0.15) is 0 Å². The summed E-state index contributed by atoms with van der Waals surface area (Å²) in [5.74, 6) is 6.60. The van der Waals surface area contributed by atoms with Gasteiger partial charge in [0.15, 0.2) is 0 Å². The van der Waals surface area contributed by atoms with Crippen molar-refractivity contribution in [2.75, 3.05) is 4.90 Å². The summed E-state index contributed by atoms with van der Waals surface area (Å²) < 4.78 is 3.10. The highest BCUT2D eigenvalue weighted by Crippen LogP contribution is 2.85. The van der Waals surface area contributed by atoms with Crippen LogP contribution in [0.5, 0.6) is 0 Å². The lowest BCUT2D eigenvalue weighted by Crippen LogP contribution is -2.59. The van der Waals surface area contributed by atoms with E-state index in [4.69, 9.17) is 0 Å². The van der Waals surface area contributed by atoms with Gasteiger partial charge in [-0.2, -0.15) is 10.9 Å². The van der Waals surface area contributed by atoms with Gasteiger partial charge in [0.05, 0.1) is 16.9 Å². The lowest BCUT2D eigenvalue weighted by atomic mass is 9.33. The molecule has 80 heavy (non-hydrogen) atoms. The van der Waals surface area contributed by atoms with Crippen molar-refractivity contribution in [2.24, 2.45) is 52.3 Å². The number of allylic oxidation sites excluding steroid dienone is 5. The minimum atomic E-state index is -0.961. The summed E-state index contributed by atoms with van der Waals surface area (Å²) in [5.41, 5.74) is 28.1. The molecule has 4 bridgehead atoms.